The van der Waals surface area contributed by atoms with E-state index in [2.05, 4.69) is 26.1 Å². The van der Waals surface area contributed by atoms with Gasteiger partial charge in [-0.1, -0.05) is 22.0 Å². The summed E-state index contributed by atoms with van der Waals surface area (Å²) >= 11 is 3.31. The molecule has 0 aliphatic carbocycles. The fourth-order valence-electron chi connectivity index (χ4n) is 2.09. The summed E-state index contributed by atoms with van der Waals surface area (Å²) in [7, 11) is 0. The summed E-state index contributed by atoms with van der Waals surface area (Å²) in [6, 6.07) is 8.76. The number of benzene rings is 1. The number of nitrogens with zero attached hydrogens (tertiary/aromatic N) is 2. The third-order valence-electron chi connectivity index (χ3n) is 3.13. The minimum Gasteiger partial charge on any atom is -0.466 e. The van der Waals surface area contributed by atoms with E-state index >= 15 is 0 Å². The Kier molecular flexibility index (Phi) is 4.29. The van der Waals surface area contributed by atoms with Gasteiger partial charge in [0.2, 0.25) is 0 Å². The van der Waals surface area contributed by atoms with Crippen molar-refractivity contribution in [2.75, 3.05) is 0 Å². The van der Waals surface area contributed by atoms with Crippen molar-refractivity contribution in [2.24, 2.45) is 0 Å². The number of halogens is 1. The Labute approximate surface area is 140 Å². The van der Waals surface area contributed by atoms with Crippen molar-refractivity contribution in [3.05, 3.63) is 57.8 Å². The van der Waals surface area contributed by atoms with E-state index in [9.17, 15) is 4.79 Å². The molecule has 0 N–H and O–H groups in total. The number of hydrogen-bond donors (Lipinski definition) is 0. The molecule has 118 valence electrons. The van der Waals surface area contributed by atoms with E-state index in [1.165, 1.54) is 0 Å². The Balaban J connectivity index is 1.68. The van der Waals surface area contributed by atoms with Crippen molar-refractivity contribution in [2.45, 2.75) is 20.5 Å². The quantitative estimate of drug-likeness (QED) is 0.638. The molecule has 0 saturated carbocycles. The highest BCUT2D eigenvalue weighted by Gasteiger charge is 2.16. The maximum Gasteiger partial charge on any atom is 0.338 e. The maximum atomic E-state index is 12.0. The Hall–Kier alpha value is -2.41. The first kappa shape index (κ1) is 15.5. The highest BCUT2D eigenvalue weighted by Crippen LogP contribution is 2.25. The van der Waals surface area contributed by atoms with Gasteiger partial charge in [-0.25, -0.2) is 4.79 Å². The normalized spacial score (nSPS) is 10.7. The second-order valence-electron chi connectivity index (χ2n) is 4.91. The van der Waals surface area contributed by atoms with Crippen LogP contribution in [0.15, 0.2) is 43.6 Å². The summed E-state index contributed by atoms with van der Waals surface area (Å²) < 4.78 is 16.9. The number of carbonyl (C=O) groups is 1. The van der Waals surface area contributed by atoms with E-state index in [4.69, 9.17) is 13.6 Å². The van der Waals surface area contributed by atoms with Gasteiger partial charge in [-0.15, -0.1) is 10.2 Å². The average Bonchev–Trinajstić information content (AvgIpc) is 3.11. The van der Waals surface area contributed by atoms with Crippen molar-refractivity contribution in [1.29, 1.82) is 0 Å². The molecule has 3 rings (SSSR count). The van der Waals surface area contributed by atoms with Crippen LogP contribution in [0.3, 0.4) is 0 Å². The minimum atomic E-state index is -0.457. The summed E-state index contributed by atoms with van der Waals surface area (Å²) in [4.78, 5) is 12.0. The van der Waals surface area contributed by atoms with Crippen molar-refractivity contribution >= 4 is 21.9 Å². The lowest BCUT2D eigenvalue weighted by atomic mass is 10.2. The van der Waals surface area contributed by atoms with Gasteiger partial charge < -0.3 is 13.6 Å². The molecule has 2 heterocycles. The maximum absolute atomic E-state index is 12.0. The van der Waals surface area contributed by atoms with Crippen LogP contribution in [0.5, 0.6) is 0 Å². The summed E-state index contributed by atoms with van der Waals surface area (Å²) in [6.45, 7) is 3.57. The smallest absolute Gasteiger partial charge is 0.338 e. The molecule has 0 atom stereocenters. The third-order valence-corrected chi connectivity index (χ3v) is 3.62. The van der Waals surface area contributed by atoms with Gasteiger partial charge in [-0.2, -0.15) is 0 Å². The first-order valence-electron chi connectivity index (χ1n) is 6.85. The second-order valence-corrected chi connectivity index (χ2v) is 5.83. The third kappa shape index (κ3) is 3.50. The number of ether oxygens (including phenoxy) is 1. The van der Waals surface area contributed by atoms with Crippen LogP contribution in [0.2, 0.25) is 0 Å². The lowest BCUT2D eigenvalue weighted by Gasteiger charge is -2.02. The van der Waals surface area contributed by atoms with E-state index < -0.39 is 5.97 Å². The highest BCUT2D eigenvalue weighted by atomic mass is 79.9. The topological polar surface area (TPSA) is 78.4 Å². The second kappa shape index (κ2) is 6.37. The molecule has 0 bridgehead atoms. The lowest BCUT2D eigenvalue weighted by molar-refractivity contribution is 0.0438. The molecule has 0 saturated heterocycles. The van der Waals surface area contributed by atoms with Crippen molar-refractivity contribution in [1.82, 2.24) is 10.2 Å². The number of rotatable bonds is 4. The number of aromatic nitrogens is 2. The number of carbonyl (C=O) groups excluding carboxylic acids is 1. The SMILES string of the molecule is Cc1cc(-c2nnc(COC(=O)c3cccc(Br)c3)o2)c(C)o1. The van der Waals surface area contributed by atoms with Crippen LogP contribution in [0, 0.1) is 13.8 Å². The summed E-state index contributed by atoms with van der Waals surface area (Å²) in [5.74, 6) is 1.57. The number of esters is 1. The van der Waals surface area contributed by atoms with E-state index in [1.807, 2.05) is 26.0 Å². The van der Waals surface area contributed by atoms with E-state index in [1.54, 1.807) is 18.2 Å². The first-order chi connectivity index (χ1) is 11.0. The zero-order valence-electron chi connectivity index (χ0n) is 12.5. The van der Waals surface area contributed by atoms with Crippen LogP contribution < -0.4 is 0 Å². The van der Waals surface area contributed by atoms with Crippen molar-refractivity contribution < 1.29 is 18.4 Å². The number of hydrogen-bond acceptors (Lipinski definition) is 6. The predicted molar refractivity (Wildman–Crippen MR) is 84.7 cm³/mol. The largest absolute Gasteiger partial charge is 0.466 e. The Morgan fingerprint density at radius 3 is 2.74 bits per heavy atom. The van der Waals surface area contributed by atoms with Crippen LogP contribution >= 0.6 is 15.9 Å². The fourth-order valence-corrected chi connectivity index (χ4v) is 2.49. The van der Waals surface area contributed by atoms with Crippen molar-refractivity contribution in [3.63, 3.8) is 0 Å². The minimum absolute atomic E-state index is 0.0891. The molecule has 0 amide bonds. The molecule has 7 heteroatoms. The summed E-state index contributed by atoms with van der Waals surface area (Å²) in [5, 5.41) is 7.83. The van der Waals surface area contributed by atoms with E-state index in [0.717, 1.165) is 15.8 Å². The molecule has 0 fully saturated rings. The zero-order chi connectivity index (χ0) is 16.4. The molecule has 0 spiro atoms. The van der Waals surface area contributed by atoms with Gasteiger partial charge in [0, 0.05) is 4.47 Å². The van der Waals surface area contributed by atoms with E-state index in [-0.39, 0.29) is 12.5 Å². The van der Waals surface area contributed by atoms with Gasteiger partial charge in [0.15, 0.2) is 6.61 Å². The molecular formula is C16H13BrN2O4. The monoisotopic (exact) mass is 376 g/mol. The number of furan rings is 1. The summed E-state index contributed by atoms with van der Waals surface area (Å²) in [5.41, 5.74) is 1.18. The van der Waals surface area contributed by atoms with E-state index in [0.29, 0.717) is 17.2 Å². The Morgan fingerprint density at radius 2 is 2.04 bits per heavy atom. The molecule has 0 radical (unpaired) electrons. The molecule has 0 unspecified atom stereocenters. The molecule has 1 aromatic carbocycles. The van der Waals surface area contributed by atoms with Gasteiger partial charge in [0.1, 0.15) is 11.5 Å². The molecule has 2 aromatic heterocycles. The zero-order valence-corrected chi connectivity index (χ0v) is 14.1. The van der Waals surface area contributed by atoms with Crippen LogP contribution in [0.25, 0.3) is 11.5 Å². The predicted octanol–water partition coefficient (Wildman–Crippen LogP) is 4.07. The van der Waals surface area contributed by atoms with Gasteiger partial charge in [0.25, 0.3) is 11.8 Å². The number of aryl methyl sites for hydroxylation is 2. The van der Waals surface area contributed by atoms with Crippen LogP contribution in [-0.4, -0.2) is 16.2 Å². The van der Waals surface area contributed by atoms with Gasteiger partial charge in [0.05, 0.1) is 11.1 Å². The Morgan fingerprint density at radius 1 is 1.22 bits per heavy atom. The molecule has 0 aliphatic rings. The van der Waals surface area contributed by atoms with Gasteiger partial charge in [-0.3, -0.25) is 0 Å². The molecule has 0 aliphatic heterocycles. The van der Waals surface area contributed by atoms with Crippen LogP contribution in [0.1, 0.15) is 27.8 Å². The first-order valence-corrected chi connectivity index (χ1v) is 7.64. The van der Waals surface area contributed by atoms with Gasteiger partial charge in [-0.05, 0) is 38.1 Å². The Bertz CT molecular complexity index is 853. The molecule has 3 aromatic rings. The highest BCUT2D eigenvalue weighted by molar-refractivity contribution is 9.10. The van der Waals surface area contributed by atoms with Crippen LogP contribution in [-0.2, 0) is 11.3 Å². The molecular weight excluding hydrogens is 364 g/mol. The summed E-state index contributed by atoms with van der Waals surface area (Å²) in [6.07, 6.45) is 0. The van der Waals surface area contributed by atoms with Crippen molar-refractivity contribution in [3.8, 4) is 11.5 Å². The average molecular weight is 377 g/mol. The van der Waals surface area contributed by atoms with Crippen LogP contribution in [0.4, 0.5) is 0 Å². The van der Waals surface area contributed by atoms with Gasteiger partial charge >= 0.3 is 5.97 Å². The lowest BCUT2D eigenvalue weighted by Crippen LogP contribution is -2.05. The molecule has 23 heavy (non-hydrogen) atoms. The molecule has 6 nitrogen and oxygen atoms in total. The standard InChI is InChI=1S/C16H13BrN2O4/c1-9-6-13(10(2)22-9)15-19-18-14(23-15)8-21-16(20)11-4-3-5-12(17)7-11/h3-7H,8H2,1-2H3. The fraction of sp³-hybridized carbons (Fsp3) is 0.188.